The van der Waals surface area contributed by atoms with Crippen molar-refractivity contribution in [2.45, 2.75) is 13.8 Å². The van der Waals surface area contributed by atoms with Crippen LogP contribution in [0.5, 0.6) is 0 Å². The third-order valence-electron chi connectivity index (χ3n) is 1.49. The number of nitrogens with zero attached hydrogens (tertiary/aromatic N) is 2. The second-order valence-electron chi connectivity index (χ2n) is 3.36. The van der Waals surface area contributed by atoms with Gasteiger partial charge in [-0.05, 0) is 18.1 Å². The minimum absolute atomic E-state index is 0.571. The summed E-state index contributed by atoms with van der Waals surface area (Å²) in [7, 11) is 0. The first kappa shape index (κ1) is 10.8. The molecule has 1 rings (SSSR count). The Morgan fingerprint density at radius 3 is 2.64 bits per heavy atom. The summed E-state index contributed by atoms with van der Waals surface area (Å²) in [5.41, 5.74) is 0.800. The molecule has 0 aliphatic carbocycles. The van der Waals surface area contributed by atoms with Gasteiger partial charge in [-0.1, -0.05) is 13.8 Å². The van der Waals surface area contributed by atoms with Crippen molar-refractivity contribution in [1.29, 1.82) is 0 Å². The lowest BCUT2D eigenvalue weighted by molar-refractivity contribution is 0.627. The predicted octanol–water partition coefficient (Wildman–Crippen LogP) is 1.42. The Morgan fingerprint density at radius 1 is 1.43 bits per heavy atom. The fraction of sp³-hybridized carbons (Fsp3) is 0.444. The summed E-state index contributed by atoms with van der Waals surface area (Å²) in [6.07, 6.45) is 4.84. The molecule has 0 aromatic carbocycles. The van der Waals surface area contributed by atoms with Gasteiger partial charge in [0.1, 0.15) is 6.33 Å². The van der Waals surface area contributed by atoms with Crippen LogP contribution in [0.15, 0.2) is 18.7 Å². The van der Waals surface area contributed by atoms with Gasteiger partial charge in [0.15, 0.2) is 5.11 Å². The van der Waals surface area contributed by atoms with Crippen LogP contribution in [-0.4, -0.2) is 21.6 Å². The largest absolute Gasteiger partial charge is 0.362 e. The van der Waals surface area contributed by atoms with E-state index >= 15 is 0 Å². The third-order valence-corrected chi connectivity index (χ3v) is 1.74. The molecule has 2 N–H and O–H groups in total. The summed E-state index contributed by atoms with van der Waals surface area (Å²) in [6.45, 7) is 5.11. The van der Waals surface area contributed by atoms with Crippen LogP contribution in [0.3, 0.4) is 0 Å². The van der Waals surface area contributed by atoms with Crippen LogP contribution in [0.4, 0.5) is 5.69 Å². The molecule has 0 saturated carbocycles. The first-order chi connectivity index (χ1) is 6.68. The van der Waals surface area contributed by atoms with E-state index in [0.29, 0.717) is 11.0 Å². The summed E-state index contributed by atoms with van der Waals surface area (Å²) in [5.74, 6) is 0.571. The molecule has 0 fully saturated rings. The van der Waals surface area contributed by atoms with Gasteiger partial charge in [0.25, 0.3) is 0 Å². The quantitative estimate of drug-likeness (QED) is 0.739. The molecule has 0 atom stereocenters. The molecule has 76 valence electrons. The fourth-order valence-electron chi connectivity index (χ4n) is 0.836. The highest BCUT2D eigenvalue weighted by Gasteiger charge is 1.98. The van der Waals surface area contributed by atoms with Crippen LogP contribution in [0.1, 0.15) is 13.8 Å². The lowest BCUT2D eigenvalue weighted by atomic mass is 10.2. The van der Waals surface area contributed by atoms with Crippen molar-refractivity contribution in [1.82, 2.24) is 15.3 Å². The lowest BCUT2D eigenvalue weighted by Gasteiger charge is -2.11. The summed E-state index contributed by atoms with van der Waals surface area (Å²) in [4.78, 5) is 7.74. The second-order valence-corrected chi connectivity index (χ2v) is 3.76. The standard InChI is InChI=1S/C9H14N4S/c1-7(2)3-12-9(14)13-8-4-10-6-11-5-8/h4-7H,3H2,1-2H3,(H2,12,13,14). The number of hydrogen-bond donors (Lipinski definition) is 2. The van der Waals surface area contributed by atoms with E-state index < -0.39 is 0 Å². The van der Waals surface area contributed by atoms with Crippen LogP contribution in [0.2, 0.25) is 0 Å². The molecule has 1 heterocycles. The third kappa shape index (κ3) is 4.13. The van der Waals surface area contributed by atoms with Crippen molar-refractivity contribution < 1.29 is 0 Å². The van der Waals surface area contributed by atoms with Gasteiger partial charge in [-0.2, -0.15) is 0 Å². The van der Waals surface area contributed by atoms with Crippen molar-refractivity contribution in [3.05, 3.63) is 18.7 Å². The van der Waals surface area contributed by atoms with Gasteiger partial charge < -0.3 is 10.6 Å². The van der Waals surface area contributed by atoms with E-state index in [0.717, 1.165) is 12.2 Å². The van der Waals surface area contributed by atoms with Crippen molar-refractivity contribution in [3.63, 3.8) is 0 Å². The highest BCUT2D eigenvalue weighted by atomic mass is 32.1. The van der Waals surface area contributed by atoms with E-state index in [-0.39, 0.29) is 0 Å². The van der Waals surface area contributed by atoms with Crippen molar-refractivity contribution in [3.8, 4) is 0 Å². The normalized spacial score (nSPS) is 9.93. The smallest absolute Gasteiger partial charge is 0.170 e. The average Bonchev–Trinajstić information content (AvgIpc) is 2.16. The van der Waals surface area contributed by atoms with Gasteiger partial charge in [-0.15, -0.1) is 0 Å². The molecule has 0 radical (unpaired) electrons. The monoisotopic (exact) mass is 210 g/mol. The Bertz CT molecular complexity index is 286. The maximum absolute atomic E-state index is 5.08. The van der Waals surface area contributed by atoms with Gasteiger partial charge in [0, 0.05) is 6.54 Å². The van der Waals surface area contributed by atoms with E-state index in [1.54, 1.807) is 12.4 Å². The molecular weight excluding hydrogens is 196 g/mol. The zero-order chi connectivity index (χ0) is 10.4. The molecule has 0 bridgehead atoms. The lowest BCUT2D eigenvalue weighted by Crippen LogP contribution is -2.31. The molecule has 0 aliphatic heterocycles. The molecule has 0 unspecified atom stereocenters. The molecule has 0 amide bonds. The molecule has 5 heteroatoms. The maximum Gasteiger partial charge on any atom is 0.170 e. The zero-order valence-corrected chi connectivity index (χ0v) is 9.14. The first-order valence-electron chi connectivity index (χ1n) is 4.48. The van der Waals surface area contributed by atoms with Crippen LogP contribution in [0.25, 0.3) is 0 Å². The SMILES string of the molecule is CC(C)CNC(=S)Nc1cncnc1. The van der Waals surface area contributed by atoms with Gasteiger partial charge >= 0.3 is 0 Å². The summed E-state index contributed by atoms with van der Waals surface area (Å²) >= 11 is 5.08. The molecule has 0 saturated heterocycles. The number of thiocarbonyl (C=S) groups is 1. The summed E-state index contributed by atoms with van der Waals surface area (Å²) < 4.78 is 0. The van der Waals surface area contributed by atoms with E-state index in [2.05, 4.69) is 34.4 Å². The van der Waals surface area contributed by atoms with Crippen LogP contribution in [0, 0.1) is 5.92 Å². The van der Waals surface area contributed by atoms with Crippen LogP contribution < -0.4 is 10.6 Å². The number of hydrogen-bond acceptors (Lipinski definition) is 3. The fourth-order valence-corrected chi connectivity index (χ4v) is 1.04. The zero-order valence-electron chi connectivity index (χ0n) is 8.32. The highest BCUT2D eigenvalue weighted by molar-refractivity contribution is 7.80. The predicted molar refractivity (Wildman–Crippen MR) is 61.1 cm³/mol. The Kier molecular flexibility index (Phi) is 4.25. The highest BCUT2D eigenvalue weighted by Crippen LogP contribution is 1.99. The van der Waals surface area contributed by atoms with Crippen LogP contribution in [-0.2, 0) is 0 Å². The second kappa shape index (κ2) is 5.49. The van der Waals surface area contributed by atoms with E-state index in [1.807, 2.05) is 0 Å². The summed E-state index contributed by atoms with van der Waals surface area (Å²) in [5, 5.41) is 6.69. The topological polar surface area (TPSA) is 49.8 Å². The van der Waals surface area contributed by atoms with E-state index in [4.69, 9.17) is 12.2 Å². The molecule has 1 aromatic rings. The summed E-state index contributed by atoms with van der Waals surface area (Å²) in [6, 6.07) is 0. The van der Waals surface area contributed by atoms with Crippen molar-refractivity contribution in [2.24, 2.45) is 5.92 Å². The molecule has 14 heavy (non-hydrogen) atoms. The molecule has 1 aromatic heterocycles. The van der Waals surface area contributed by atoms with Crippen LogP contribution >= 0.6 is 12.2 Å². The van der Waals surface area contributed by atoms with Gasteiger partial charge in [-0.3, -0.25) is 0 Å². The Labute approximate surface area is 89.2 Å². The van der Waals surface area contributed by atoms with Crippen molar-refractivity contribution in [2.75, 3.05) is 11.9 Å². The molecule has 4 nitrogen and oxygen atoms in total. The van der Waals surface area contributed by atoms with Gasteiger partial charge in [-0.25, -0.2) is 9.97 Å². The molecule has 0 aliphatic rings. The minimum atomic E-state index is 0.571. The number of nitrogens with one attached hydrogen (secondary N) is 2. The molecule has 0 spiro atoms. The Balaban J connectivity index is 2.35. The molecular formula is C9H14N4S. The number of rotatable bonds is 3. The Morgan fingerprint density at radius 2 is 2.07 bits per heavy atom. The van der Waals surface area contributed by atoms with Gasteiger partial charge in [0.05, 0.1) is 18.1 Å². The van der Waals surface area contributed by atoms with Gasteiger partial charge in [0.2, 0.25) is 0 Å². The van der Waals surface area contributed by atoms with Crippen molar-refractivity contribution >= 4 is 23.0 Å². The van der Waals surface area contributed by atoms with E-state index in [1.165, 1.54) is 6.33 Å². The number of aromatic nitrogens is 2. The minimum Gasteiger partial charge on any atom is -0.362 e. The maximum atomic E-state index is 5.08. The average molecular weight is 210 g/mol. The number of anilines is 1. The first-order valence-corrected chi connectivity index (χ1v) is 4.89. The Hall–Kier alpha value is -1.23. The van der Waals surface area contributed by atoms with E-state index in [9.17, 15) is 0 Å².